The molecule has 2 heterocycles. The molecule has 2 aliphatic heterocycles. The van der Waals surface area contributed by atoms with Crippen LogP contribution in [0.4, 0.5) is 10.1 Å². The second kappa shape index (κ2) is 5.03. The van der Waals surface area contributed by atoms with E-state index < -0.39 is 0 Å². The molecule has 1 aromatic rings. The van der Waals surface area contributed by atoms with Gasteiger partial charge in [-0.15, -0.1) is 0 Å². The third kappa shape index (κ3) is 2.48. The molecule has 1 aromatic carbocycles. The number of nitrogens with zero attached hydrogens (tertiary/aromatic N) is 1. The minimum atomic E-state index is -0.308. The third-order valence-electron chi connectivity index (χ3n) is 3.72. The van der Waals surface area contributed by atoms with Gasteiger partial charge in [0.25, 0.3) is 5.91 Å². The van der Waals surface area contributed by atoms with E-state index in [1.807, 2.05) is 6.20 Å². The van der Waals surface area contributed by atoms with Crippen LogP contribution in [0.15, 0.2) is 24.4 Å². The first-order valence-corrected chi connectivity index (χ1v) is 6.81. The number of rotatable bonds is 1. The van der Waals surface area contributed by atoms with E-state index in [-0.39, 0.29) is 11.7 Å². The number of nitrogens with one attached hydrogen (secondary N) is 1. The summed E-state index contributed by atoms with van der Waals surface area (Å²) in [5.41, 5.74) is 1.96. The third-order valence-corrected chi connectivity index (χ3v) is 3.72. The van der Waals surface area contributed by atoms with Crippen molar-refractivity contribution >= 4 is 17.2 Å². The summed E-state index contributed by atoms with van der Waals surface area (Å²) in [4.78, 5) is 14.2. The average molecular weight is 260 g/mol. The van der Waals surface area contributed by atoms with Crippen molar-refractivity contribution in [2.24, 2.45) is 0 Å². The number of carbonyl (C=O) groups is 1. The molecule has 0 radical (unpaired) electrons. The van der Waals surface area contributed by atoms with Crippen molar-refractivity contribution in [3.8, 4) is 0 Å². The zero-order valence-corrected chi connectivity index (χ0v) is 10.8. The fourth-order valence-corrected chi connectivity index (χ4v) is 2.70. The minimum Gasteiger partial charge on any atom is -0.377 e. The molecule has 100 valence electrons. The molecular weight excluding hydrogens is 243 g/mol. The topological polar surface area (TPSA) is 32.3 Å². The van der Waals surface area contributed by atoms with Gasteiger partial charge in [-0.3, -0.25) is 4.79 Å². The van der Waals surface area contributed by atoms with Crippen molar-refractivity contribution in [3.05, 3.63) is 35.8 Å². The molecule has 3 rings (SSSR count). The van der Waals surface area contributed by atoms with E-state index in [9.17, 15) is 9.18 Å². The molecule has 0 aliphatic carbocycles. The number of hydrogen-bond acceptors (Lipinski definition) is 2. The first kappa shape index (κ1) is 12.2. The van der Waals surface area contributed by atoms with Gasteiger partial charge in [-0.25, -0.2) is 4.39 Å². The van der Waals surface area contributed by atoms with Crippen LogP contribution >= 0.6 is 0 Å². The Hall–Kier alpha value is -1.84. The maximum absolute atomic E-state index is 13.3. The Labute approximate surface area is 112 Å². The lowest BCUT2D eigenvalue weighted by molar-refractivity contribution is -0.110. The number of halogens is 1. The van der Waals surface area contributed by atoms with Crippen LogP contribution in [0.5, 0.6) is 0 Å². The van der Waals surface area contributed by atoms with Crippen LogP contribution in [0, 0.1) is 5.82 Å². The fraction of sp³-hybridized carbons (Fsp3) is 0.400. The molecule has 1 N–H and O–H groups in total. The summed E-state index contributed by atoms with van der Waals surface area (Å²) < 4.78 is 13.3. The Kier molecular flexibility index (Phi) is 3.23. The van der Waals surface area contributed by atoms with E-state index in [2.05, 4.69) is 10.2 Å². The van der Waals surface area contributed by atoms with Crippen LogP contribution in [-0.4, -0.2) is 23.9 Å². The van der Waals surface area contributed by atoms with E-state index in [0.717, 1.165) is 25.9 Å². The van der Waals surface area contributed by atoms with Gasteiger partial charge in [0.2, 0.25) is 0 Å². The van der Waals surface area contributed by atoms with Gasteiger partial charge in [0, 0.05) is 30.5 Å². The Morgan fingerprint density at radius 3 is 2.63 bits per heavy atom. The first-order chi connectivity index (χ1) is 9.24. The van der Waals surface area contributed by atoms with Crippen molar-refractivity contribution < 1.29 is 9.18 Å². The van der Waals surface area contributed by atoms with Crippen molar-refractivity contribution in [2.45, 2.75) is 25.7 Å². The van der Waals surface area contributed by atoms with Crippen LogP contribution in [-0.2, 0) is 4.79 Å². The molecule has 3 nitrogen and oxygen atoms in total. The van der Waals surface area contributed by atoms with Crippen LogP contribution in [0.2, 0.25) is 0 Å². The van der Waals surface area contributed by atoms with E-state index >= 15 is 0 Å². The SMILES string of the molecule is O=C1Nc2ccc(F)cc2/C1=C\N1CCCCCC1. The molecule has 4 heteroatoms. The molecule has 0 unspecified atom stereocenters. The lowest BCUT2D eigenvalue weighted by Gasteiger charge is -2.18. The Balaban J connectivity index is 1.92. The zero-order chi connectivity index (χ0) is 13.2. The summed E-state index contributed by atoms with van der Waals surface area (Å²) >= 11 is 0. The van der Waals surface area contributed by atoms with Crippen molar-refractivity contribution in [2.75, 3.05) is 18.4 Å². The van der Waals surface area contributed by atoms with Gasteiger partial charge in [-0.1, -0.05) is 12.8 Å². The Morgan fingerprint density at radius 2 is 1.89 bits per heavy atom. The monoisotopic (exact) mass is 260 g/mol. The van der Waals surface area contributed by atoms with E-state index in [4.69, 9.17) is 0 Å². The number of amides is 1. The van der Waals surface area contributed by atoms with Gasteiger partial charge >= 0.3 is 0 Å². The molecule has 19 heavy (non-hydrogen) atoms. The maximum atomic E-state index is 13.3. The summed E-state index contributed by atoms with van der Waals surface area (Å²) in [5.74, 6) is -0.443. The summed E-state index contributed by atoms with van der Waals surface area (Å²) in [6.07, 6.45) is 6.70. The van der Waals surface area contributed by atoms with Crippen LogP contribution in [0.25, 0.3) is 5.57 Å². The molecular formula is C15H17FN2O. The average Bonchev–Trinajstić information content (AvgIpc) is 2.58. The number of likely N-dealkylation sites (tertiary alicyclic amines) is 1. The molecule has 1 saturated heterocycles. The molecule has 2 aliphatic rings. The lowest BCUT2D eigenvalue weighted by atomic mass is 10.1. The first-order valence-electron chi connectivity index (χ1n) is 6.81. The summed E-state index contributed by atoms with van der Waals surface area (Å²) in [7, 11) is 0. The van der Waals surface area contributed by atoms with E-state index in [0.29, 0.717) is 16.8 Å². The van der Waals surface area contributed by atoms with Gasteiger partial charge in [-0.2, -0.15) is 0 Å². The number of fused-ring (bicyclic) bond motifs is 1. The predicted octanol–water partition coefficient (Wildman–Crippen LogP) is 2.99. The smallest absolute Gasteiger partial charge is 0.257 e. The standard InChI is InChI=1S/C15H17FN2O/c16-11-5-6-14-12(9-11)13(15(19)17-14)10-18-7-3-1-2-4-8-18/h5-6,9-10H,1-4,7-8H2,(H,17,19)/b13-10+. The Bertz CT molecular complexity index is 531. The predicted molar refractivity (Wildman–Crippen MR) is 73.0 cm³/mol. The molecule has 0 spiro atoms. The number of benzene rings is 1. The zero-order valence-electron chi connectivity index (χ0n) is 10.8. The van der Waals surface area contributed by atoms with Crippen LogP contribution < -0.4 is 5.32 Å². The fourth-order valence-electron chi connectivity index (χ4n) is 2.70. The normalized spacial score (nSPS) is 21.2. The van der Waals surface area contributed by atoms with Crippen molar-refractivity contribution in [3.63, 3.8) is 0 Å². The lowest BCUT2D eigenvalue weighted by Crippen LogP contribution is -2.19. The van der Waals surface area contributed by atoms with Crippen LogP contribution in [0.1, 0.15) is 31.2 Å². The second-order valence-corrected chi connectivity index (χ2v) is 5.14. The highest BCUT2D eigenvalue weighted by atomic mass is 19.1. The van der Waals surface area contributed by atoms with Gasteiger partial charge in [0.15, 0.2) is 0 Å². The second-order valence-electron chi connectivity index (χ2n) is 5.14. The van der Waals surface area contributed by atoms with Crippen molar-refractivity contribution in [1.82, 2.24) is 4.90 Å². The van der Waals surface area contributed by atoms with Crippen molar-refractivity contribution in [1.29, 1.82) is 0 Å². The summed E-state index contributed by atoms with van der Waals surface area (Å²) in [6, 6.07) is 4.41. The van der Waals surface area contributed by atoms with Gasteiger partial charge < -0.3 is 10.2 Å². The largest absolute Gasteiger partial charge is 0.377 e. The Morgan fingerprint density at radius 1 is 1.16 bits per heavy atom. The molecule has 0 aromatic heterocycles. The van der Waals surface area contributed by atoms with E-state index in [1.54, 1.807) is 6.07 Å². The highest BCUT2D eigenvalue weighted by molar-refractivity contribution is 6.31. The molecule has 1 amide bonds. The quantitative estimate of drug-likeness (QED) is 0.787. The minimum absolute atomic E-state index is 0.134. The molecule has 0 atom stereocenters. The maximum Gasteiger partial charge on any atom is 0.257 e. The summed E-state index contributed by atoms with van der Waals surface area (Å²) in [6.45, 7) is 1.95. The molecule has 0 saturated carbocycles. The van der Waals surface area contributed by atoms with E-state index in [1.165, 1.54) is 25.0 Å². The molecule has 0 bridgehead atoms. The van der Waals surface area contributed by atoms with Gasteiger partial charge in [-0.05, 0) is 31.0 Å². The summed E-state index contributed by atoms with van der Waals surface area (Å²) in [5, 5.41) is 2.78. The highest BCUT2D eigenvalue weighted by Crippen LogP contribution is 2.32. The molecule has 1 fully saturated rings. The van der Waals surface area contributed by atoms with Crippen LogP contribution in [0.3, 0.4) is 0 Å². The number of carbonyl (C=O) groups excluding carboxylic acids is 1. The number of hydrogen-bond donors (Lipinski definition) is 1. The highest BCUT2D eigenvalue weighted by Gasteiger charge is 2.25. The number of anilines is 1. The van der Waals surface area contributed by atoms with Gasteiger partial charge in [0.05, 0.1) is 5.57 Å². The van der Waals surface area contributed by atoms with Gasteiger partial charge in [0.1, 0.15) is 5.82 Å².